The molecule has 6 nitrogen and oxygen atoms in total. The molecule has 0 atom stereocenters. The van der Waals surface area contributed by atoms with Gasteiger partial charge in [0.05, 0.1) is 11.4 Å². The Morgan fingerprint density at radius 2 is 0.909 bits per heavy atom. The van der Waals surface area contributed by atoms with Crippen LogP contribution < -0.4 is 0 Å². The fourth-order valence-electron chi connectivity index (χ4n) is 1.78. The lowest BCUT2D eigenvalue weighted by atomic mass is 10.1. The van der Waals surface area contributed by atoms with Gasteiger partial charge in [0.15, 0.2) is 25.1 Å². The van der Waals surface area contributed by atoms with Crippen molar-refractivity contribution in [3.8, 4) is 0 Å². The van der Waals surface area contributed by atoms with Crippen LogP contribution in [0.2, 0.25) is 0 Å². The lowest BCUT2D eigenvalue weighted by Crippen LogP contribution is -1.89. The Balaban J connectivity index is 2.32. The molecule has 2 rings (SSSR count). The number of rotatable bonds is 6. The van der Waals surface area contributed by atoms with Gasteiger partial charge in [-0.15, -0.1) is 0 Å². The summed E-state index contributed by atoms with van der Waals surface area (Å²) in [6.45, 7) is 0. The summed E-state index contributed by atoms with van der Waals surface area (Å²) < 4.78 is 0. The minimum atomic E-state index is 0.219. The van der Waals surface area contributed by atoms with Gasteiger partial charge in [0.25, 0.3) is 0 Å². The fraction of sp³-hybridized carbons (Fsp3) is 0. The first-order valence-corrected chi connectivity index (χ1v) is 6.22. The van der Waals surface area contributed by atoms with Gasteiger partial charge in [0, 0.05) is 22.3 Å². The number of aldehydes is 4. The first-order chi connectivity index (χ1) is 10.7. The van der Waals surface area contributed by atoms with Gasteiger partial charge >= 0.3 is 0 Å². The average Bonchev–Trinajstić information content (AvgIpc) is 2.59. The lowest BCUT2D eigenvalue weighted by molar-refractivity contribution is 0.109. The van der Waals surface area contributed by atoms with Crippen molar-refractivity contribution in [1.29, 1.82) is 0 Å². The summed E-state index contributed by atoms with van der Waals surface area (Å²) in [7, 11) is 0. The Kier molecular flexibility index (Phi) is 4.77. The third kappa shape index (κ3) is 3.24. The van der Waals surface area contributed by atoms with Crippen LogP contribution in [0.5, 0.6) is 0 Å². The Bertz CT molecular complexity index is 716. The van der Waals surface area contributed by atoms with E-state index in [1.165, 1.54) is 24.3 Å². The molecule has 0 aliphatic carbocycles. The normalized spacial score (nSPS) is 10.4. The van der Waals surface area contributed by atoms with Crippen LogP contribution in [0, 0.1) is 0 Å². The molecule has 2 aromatic rings. The number of carbonyl (C=O) groups is 4. The summed E-state index contributed by atoms with van der Waals surface area (Å²) in [5.41, 5.74) is 1.76. The molecule has 108 valence electrons. The van der Waals surface area contributed by atoms with Crippen LogP contribution in [0.3, 0.4) is 0 Å². The highest BCUT2D eigenvalue weighted by Gasteiger charge is 2.03. The molecule has 0 heterocycles. The molecule has 0 fully saturated rings. The molecule has 0 aromatic heterocycles. The first kappa shape index (κ1) is 15.1. The van der Waals surface area contributed by atoms with Crippen molar-refractivity contribution < 1.29 is 19.2 Å². The van der Waals surface area contributed by atoms with Crippen LogP contribution in [0.25, 0.3) is 0 Å². The van der Waals surface area contributed by atoms with Crippen LogP contribution in [0.4, 0.5) is 11.4 Å². The zero-order valence-electron chi connectivity index (χ0n) is 11.3. The molecule has 6 heteroatoms. The summed E-state index contributed by atoms with van der Waals surface area (Å²) in [5.74, 6) is 0. The second kappa shape index (κ2) is 6.94. The van der Waals surface area contributed by atoms with Gasteiger partial charge in [-0.3, -0.25) is 19.2 Å². The van der Waals surface area contributed by atoms with E-state index in [4.69, 9.17) is 0 Å². The van der Waals surface area contributed by atoms with E-state index < -0.39 is 0 Å². The smallest absolute Gasteiger partial charge is 0.150 e. The van der Waals surface area contributed by atoms with Gasteiger partial charge < -0.3 is 0 Å². The molecule has 2 aromatic carbocycles. The van der Waals surface area contributed by atoms with Gasteiger partial charge in [0.2, 0.25) is 0 Å². The van der Waals surface area contributed by atoms with Gasteiger partial charge in [-0.1, -0.05) is 0 Å². The monoisotopic (exact) mass is 294 g/mol. The molecular formula is C16H10N2O4. The first-order valence-electron chi connectivity index (χ1n) is 6.22. The molecule has 0 N–H and O–H groups in total. The highest BCUT2D eigenvalue weighted by molar-refractivity contribution is 5.92. The molecule has 0 saturated carbocycles. The molecule has 22 heavy (non-hydrogen) atoms. The summed E-state index contributed by atoms with van der Waals surface area (Å²) in [4.78, 5) is 43.2. The minimum Gasteiger partial charge on any atom is -0.298 e. The van der Waals surface area contributed by atoms with Crippen LogP contribution in [0.15, 0.2) is 46.6 Å². The largest absolute Gasteiger partial charge is 0.298 e. The van der Waals surface area contributed by atoms with Crippen LogP contribution in [-0.4, -0.2) is 25.1 Å². The lowest BCUT2D eigenvalue weighted by Gasteiger charge is -1.99. The van der Waals surface area contributed by atoms with Crippen molar-refractivity contribution in [2.75, 3.05) is 0 Å². The maximum atomic E-state index is 10.9. The Morgan fingerprint density at radius 1 is 0.545 bits per heavy atom. The van der Waals surface area contributed by atoms with E-state index in [1.807, 2.05) is 0 Å². The zero-order valence-corrected chi connectivity index (χ0v) is 11.3. The van der Waals surface area contributed by atoms with Crippen molar-refractivity contribution in [1.82, 2.24) is 0 Å². The van der Waals surface area contributed by atoms with E-state index in [1.54, 1.807) is 12.1 Å². The Hall–Kier alpha value is -3.28. The predicted octanol–water partition coefficient (Wildman–Crippen LogP) is 3.35. The molecule has 0 bridgehead atoms. The van der Waals surface area contributed by atoms with Crippen LogP contribution >= 0.6 is 0 Å². The van der Waals surface area contributed by atoms with Gasteiger partial charge in [-0.25, -0.2) is 0 Å². The van der Waals surface area contributed by atoms with E-state index in [9.17, 15) is 19.2 Å². The molecular weight excluding hydrogens is 284 g/mol. The summed E-state index contributed by atoms with van der Waals surface area (Å²) in [6, 6.07) is 8.89. The number of benzene rings is 2. The third-order valence-electron chi connectivity index (χ3n) is 2.93. The number of nitrogens with zero attached hydrogens (tertiary/aromatic N) is 2. The standard InChI is InChI=1S/C16H10N2O4/c19-7-11-1-3-15(5-13(11)9-21)17-18-16-4-2-12(8-20)14(6-16)10-22/h1-10H. The molecule has 0 aliphatic heterocycles. The molecule has 0 radical (unpaired) electrons. The minimum absolute atomic E-state index is 0.219. The highest BCUT2D eigenvalue weighted by atomic mass is 16.1. The van der Waals surface area contributed by atoms with E-state index in [0.29, 0.717) is 36.5 Å². The quantitative estimate of drug-likeness (QED) is 0.603. The van der Waals surface area contributed by atoms with Gasteiger partial charge in [-0.2, -0.15) is 10.2 Å². The number of azo groups is 1. The van der Waals surface area contributed by atoms with Gasteiger partial charge in [0.1, 0.15) is 0 Å². The molecule has 0 saturated heterocycles. The van der Waals surface area contributed by atoms with Crippen molar-refractivity contribution >= 4 is 36.5 Å². The molecule has 0 amide bonds. The summed E-state index contributed by atoms with van der Waals surface area (Å²) in [5, 5.41) is 7.87. The van der Waals surface area contributed by atoms with Crippen LogP contribution in [0.1, 0.15) is 41.4 Å². The average molecular weight is 294 g/mol. The Labute approximate surface area is 125 Å². The zero-order chi connectivity index (χ0) is 15.9. The topological polar surface area (TPSA) is 93.0 Å². The summed E-state index contributed by atoms with van der Waals surface area (Å²) >= 11 is 0. The van der Waals surface area contributed by atoms with E-state index in [0.717, 1.165) is 0 Å². The molecule has 0 aliphatic rings. The third-order valence-corrected chi connectivity index (χ3v) is 2.93. The maximum absolute atomic E-state index is 10.9. The second-order valence-electron chi connectivity index (χ2n) is 4.30. The molecule has 0 unspecified atom stereocenters. The van der Waals surface area contributed by atoms with Crippen molar-refractivity contribution in [2.45, 2.75) is 0 Å². The SMILES string of the molecule is O=Cc1ccc(N=Nc2ccc(C=O)c(C=O)c2)cc1C=O. The Morgan fingerprint density at radius 3 is 1.23 bits per heavy atom. The number of hydrogen-bond donors (Lipinski definition) is 0. The van der Waals surface area contributed by atoms with E-state index in [-0.39, 0.29) is 22.3 Å². The predicted molar refractivity (Wildman–Crippen MR) is 78.6 cm³/mol. The van der Waals surface area contributed by atoms with Gasteiger partial charge in [-0.05, 0) is 36.4 Å². The van der Waals surface area contributed by atoms with E-state index >= 15 is 0 Å². The number of hydrogen-bond acceptors (Lipinski definition) is 6. The summed E-state index contributed by atoms with van der Waals surface area (Å²) in [6.07, 6.45) is 2.29. The number of carbonyl (C=O) groups excluding carboxylic acids is 4. The van der Waals surface area contributed by atoms with Crippen LogP contribution in [-0.2, 0) is 0 Å². The fourth-order valence-corrected chi connectivity index (χ4v) is 1.78. The molecule has 0 spiro atoms. The van der Waals surface area contributed by atoms with Crippen molar-refractivity contribution in [2.24, 2.45) is 10.2 Å². The van der Waals surface area contributed by atoms with E-state index in [2.05, 4.69) is 10.2 Å². The highest BCUT2D eigenvalue weighted by Crippen LogP contribution is 2.22. The second-order valence-corrected chi connectivity index (χ2v) is 4.30. The van der Waals surface area contributed by atoms with Crippen molar-refractivity contribution in [3.63, 3.8) is 0 Å². The maximum Gasteiger partial charge on any atom is 0.150 e. The van der Waals surface area contributed by atoms with Crippen molar-refractivity contribution in [3.05, 3.63) is 58.7 Å².